The van der Waals surface area contributed by atoms with Gasteiger partial charge in [-0.1, -0.05) is 42.5 Å². The van der Waals surface area contributed by atoms with E-state index < -0.39 is 0 Å². The molecule has 3 aromatic carbocycles. The van der Waals surface area contributed by atoms with Gasteiger partial charge in [0, 0.05) is 5.92 Å². The van der Waals surface area contributed by atoms with E-state index in [9.17, 15) is 0 Å². The van der Waals surface area contributed by atoms with Crippen LogP contribution in [-0.2, 0) is 0 Å². The highest BCUT2D eigenvalue weighted by molar-refractivity contribution is 5.60. The summed E-state index contributed by atoms with van der Waals surface area (Å²) in [6.07, 6.45) is 0. The van der Waals surface area contributed by atoms with E-state index in [1.807, 2.05) is 68.4 Å². The molecule has 0 amide bonds. The minimum absolute atomic E-state index is 0.0193. The first kappa shape index (κ1) is 18.6. The predicted molar refractivity (Wildman–Crippen MR) is 111 cm³/mol. The molecule has 4 nitrogen and oxygen atoms in total. The number of ether oxygens (including phenoxy) is 2. The Labute approximate surface area is 160 Å². The van der Waals surface area contributed by atoms with E-state index in [4.69, 9.17) is 20.9 Å². The van der Waals surface area contributed by atoms with Crippen molar-refractivity contribution >= 4 is 11.4 Å². The van der Waals surface area contributed by atoms with E-state index in [0.717, 1.165) is 11.1 Å². The second-order valence-corrected chi connectivity index (χ2v) is 6.30. The van der Waals surface area contributed by atoms with Crippen molar-refractivity contribution in [2.75, 3.05) is 24.7 Å². The molecule has 4 heteroatoms. The summed E-state index contributed by atoms with van der Waals surface area (Å²) in [6.45, 7) is 5.05. The maximum Gasteiger partial charge on any atom is 0.142 e. The van der Waals surface area contributed by atoms with Gasteiger partial charge in [0.15, 0.2) is 0 Å². The highest BCUT2D eigenvalue weighted by Gasteiger charge is 2.19. The summed E-state index contributed by atoms with van der Waals surface area (Å²) in [4.78, 5) is 0. The fraction of sp³-hybridized carbons (Fsp3) is 0.217. The molecule has 0 aliphatic heterocycles. The Balaban J connectivity index is 2.13. The first-order valence-corrected chi connectivity index (χ1v) is 9.23. The van der Waals surface area contributed by atoms with E-state index in [1.165, 1.54) is 5.56 Å². The number of nitrogens with two attached hydrogens (primary N) is 2. The topological polar surface area (TPSA) is 70.5 Å². The minimum Gasteiger partial charge on any atom is -0.492 e. The summed E-state index contributed by atoms with van der Waals surface area (Å²) >= 11 is 0. The van der Waals surface area contributed by atoms with Crippen LogP contribution in [-0.4, -0.2) is 13.2 Å². The van der Waals surface area contributed by atoms with Crippen LogP contribution >= 0.6 is 0 Å². The van der Waals surface area contributed by atoms with Crippen molar-refractivity contribution in [2.45, 2.75) is 19.8 Å². The number of benzene rings is 3. The zero-order valence-electron chi connectivity index (χ0n) is 15.8. The molecule has 0 aromatic heterocycles. The van der Waals surface area contributed by atoms with E-state index >= 15 is 0 Å². The SMILES string of the molecule is CCOc1cc(C(c2ccccc2)c2ccc(N)c(OCC)c2)ccc1N. The molecule has 4 N–H and O–H groups in total. The maximum atomic E-state index is 6.08. The number of hydrogen-bond acceptors (Lipinski definition) is 4. The quantitative estimate of drug-likeness (QED) is 0.466. The second-order valence-electron chi connectivity index (χ2n) is 6.30. The summed E-state index contributed by atoms with van der Waals surface area (Å²) in [5.41, 5.74) is 16.8. The standard InChI is InChI=1S/C23H26N2O2/c1-3-26-21-14-17(10-12-19(21)24)23(16-8-6-5-7-9-16)18-11-13-20(25)22(15-18)27-4-2/h5-15,23H,3-4,24-25H2,1-2H3. The normalized spacial score (nSPS) is 10.8. The Morgan fingerprint density at radius 3 is 1.59 bits per heavy atom. The average molecular weight is 362 g/mol. The van der Waals surface area contributed by atoms with Gasteiger partial charge in [-0.2, -0.15) is 0 Å². The first-order chi connectivity index (χ1) is 13.1. The van der Waals surface area contributed by atoms with Crippen molar-refractivity contribution in [1.29, 1.82) is 0 Å². The number of rotatable bonds is 7. The van der Waals surface area contributed by atoms with Gasteiger partial charge in [0.05, 0.1) is 24.6 Å². The third-order valence-electron chi connectivity index (χ3n) is 4.47. The van der Waals surface area contributed by atoms with Crippen LogP contribution in [0.25, 0.3) is 0 Å². The summed E-state index contributed by atoms with van der Waals surface area (Å²) in [5, 5.41) is 0. The molecule has 0 saturated carbocycles. The Hall–Kier alpha value is -3.14. The van der Waals surface area contributed by atoms with E-state index in [1.54, 1.807) is 0 Å². The maximum absolute atomic E-state index is 6.08. The van der Waals surface area contributed by atoms with Crippen LogP contribution in [0.5, 0.6) is 11.5 Å². The molecule has 3 rings (SSSR count). The highest BCUT2D eigenvalue weighted by atomic mass is 16.5. The van der Waals surface area contributed by atoms with Crippen molar-refractivity contribution in [3.05, 3.63) is 83.4 Å². The van der Waals surface area contributed by atoms with Crippen LogP contribution in [0.1, 0.15) is 36.5 Å². The molecular weight excluding hydrogens is 336 g/mol. The van der Waals surface area contributed by atoms with Gasteiger partial charge in [-0.25, -0.2) is 0 Å². The summed E-state index contributed by atoms with van der Waals surface area (Å²) < 4.78 is 11.4. The molecule has 0 heterocycles. The van der Waals surface area contributed by atoms with Crippen LogP contribution in [0.2, 0.25) is 0 Å². The van der Waals surface area contributed by atoms with Gasteiger partial charge >= 0.3 is 0 Å². The molecule has 0 aliphatic rings. The van der Waals surface area contributed by atoms with Crippen LogP contribution in [0, 0.1) is 0 Å². The smallest absolute Gasteiger partial charge is 0.142 e. The van der Waals surface area contributed by atoms with Crippen LogP contribution < -0.4 is 20.9 Å². The van der Waals surface area contributed by atoms with Gasteiger partial charge in [0.25, 0.3) is 0 Å². The molecule has 140 valence electrons. The van der Waals surface area contributed by atoms with Crippen LogP contribution in [0.3, 0.4) is 0 Å². The molecule has 0 atom stereocenters. The third kappa shape index (κ3) is 4.17. The summed E-state index contributed by atoms with van der Waals surface area (Å²) in [5.74, 6) is 1.43. The molecule has 0 spiro atoms. The second kappa shape index (κ2) is 8.49. The van der Waals surface area contributed by atoms with Gasteiger partial charge in [-0.05, 0) is 54.8 Å². The largest absolute Gasteiger partial charge is 0.492 e. The molecule has 3 aromatic rings. The zero-order valence-corrected chi connectivity index (χ0v) is 15.8. The van der Waals surface area contributed by atoms with E-state index in [2.05, 4.69) is 12.1 Å². The number of nitrogen functional groups attached to an aromatic ring is 2. The van der Waals surface area contributed by atoms with Crippen LogP contribution in [0.15, 0.2) is 66.7 Å². The van der Waals surface area contributed by atoms with Crippen molar-refractivity contribution in [3.63, 3.8) is 0 Å². The number of anilines is 2. The Morgan fingerprint density at radius 2 is 1.15 bits per heavy atom. The van der Waals surface area contributed by atoms with Crippen molar-refractivity contribution in [1.82, 2.24) is 0 Å². The lowest BCUT2D eigenvalue weighted by atomic mass is 9.84. The van der Waals surface area contributed by atoms with Gasteiger partial charge in [0.1, 0.15) is 11.5 Å². The van der Waals surface area contributed by atoms with Crippen LogP contribution in [0.4, 0.5) is 11.4 Å². The first-order valence-electron chi connectivity index (χ1n) is 9.23. The van der Waals surface area contributed by atoms with Gasteiger partial charge in [-0.3, -0.25) is 0 Å². The zero-order chi connectivity index (χ0) is 19.2. The molecule has 27 heavy (non-hydrogen) atoms. The fourth-order valence-electron chi connectivity index (χ4n) is 3.24. The van der Waals surface area contributed by atoms with E-state index in [-0.39, 0.29) is 5.92 Å². The molecular formula is C23H26N2O2. The Morgan fingerprint density at radius 1 is 0.667 bits per heavy atom. The lowest BCUT2D eigenvalue weighted by Crippen LogP contribution is -2.06. The highest BCUT2D eigenvalue weighted by Crippen LogP contribution is 2.37. The third-order valence-corrected chi connectivity index (χ3v) is 4.47. The minimum atomic E-state index is 0.0193. The molecule has 0 saturated heterocycles. The van der Waals surface area contributed by atoms with Crippen molar-refractivity contribution in [2.24, 2.45) is 0 Å². The van der Waals surface area contributed by atoms with Gasteiger partial charge in [-0.15, -0.1) is 0 Å². The molecule has 0 unspecified atom stereocenters. The van der Waals surface area contributed by atoms with E-state index in [0.29, 0.717) is 36.1 Å². The van der Waals surface area contributed by atoms with Gasteiger partial charge in [0.2, 0.25) is 0 Å². The Bertz CT molecular complexity index is 839. The monoisotopic (exact) mass is 362 g/mol. The van der Waals surface area contributed by atoms with Crippen molar-refractivity contribution < 1.29 is 9.47 Å². The Kier molecular flexibility index (Phi) is 5.87. The summed E-state index contributed by atoms with van der Waals surface area (Å²) in [6, 6.07) is 22.3. The number of hydrogen-bond donors (Lipinski definition) is 2. The van der Waals surface area contributed by atoms with Crippen molar-refractivity contribution in [3.8, 4) is 11.5 Å². The van der Waals surface area contributed by atoms with Gasteiger partial charge < -0.3 is 20.9 Å². The molecule has 0 bridgehead atoms. The predicted octanol–water partition coefficient (Wildman–Crippen LogP) is 4.83. The average Bonchev–Trinajstić information content (AvgIpc) is 2.68. The molecule has 0 fully saturated rings. The molecule has 0 aliphatic carbocycles. The lowest BCUT2D eigenvalue weighted by molar-refractivity contribution is 0.341. The summed E-state index contributed by atoms with van der Waals surface area (Å²) in [7, 11) is 0. The fourth-order valence-corrected chi connectivity index (χ4v) is 3.24. The lowest BCUT2D eigenvalue weighted by Gasteiger charge is -2.21. The molecule has 0 radical (unpaired) electrons.